The lowest BCUT2D eigenvalue weighted by atomic mass is 9.91. The van der Waals surface area contributed by atoms with Crippen molar-refractivity contribution in [3.8, 4) is 5.75 Å². The van der Waals surface area contributed by atoms with E-state index in [1.165, 1.54) is 17.0 Å². The second kappa shape index (κ2) is 10.7. The Hall–Kier alpha value is -4.45. The van der Waals surface area contributed by atoms with Gasteiger partial charge in [-0.25, -0.2) is 4.39 Å². The van der Waals surface area contributed by atoms with Gasteiger partial charge in [0, 0.05) is 12.1 Å². The van der Waals surface area contributed by atoms with Crippen molar-refractivity contribution >= 4 is 28.2 Å². The van der Waals surface area contributed by atoms with E-state index in [9.17, 15) is 19.1 Å². The molecule has 1 heterocycles. The average Bonchev–Trinajstić information content (AvgIpc) is 3.17. The zero-order chi connectivity index (χ0) is 27.7. The topological polar surface area (TPSA) is 66.8 Å². The Bertz CT molecular complexity index is 1580. The van der Waals surface area contributed by atoms with Crippen molar-refractivity contribution in [2.24, 2.45) is 5.92 Å². The predicted molar refractivity (Wildman–Crippen MR) is 150 cm³/mol. The number of hydrogen-bond acceptors (Lipinski definition) is 4. The SMILES string of the molecule is Cc1cc(/C(O)=C2/C(=O)C(=O)N(Cc3ccc(F)cc3)C2c2cccc3ccccc23)ccc1OCC(C)C. The number of ether oxygens (including phenoxy) is 1. The minimum atomic E-state index is -0.835. The van der Waals surface area contributed by atoms with Gasteiger partial charge in [0.25, 0.3) is 11.7 Å². The quantitative estimate of drug-likeness (QED) is 0.162. The van der Waals surface area contributed by atoms with E-state index in [4.69, 9.17) is 4.74 Å². The van der Waals surface area contributed by atoms with E-state index >= 15 is 0 Å². The highest BCUT2D eigenvalue weighted by atomic mass is 19.1. The van der Waals surface area contributed by atoms with E-state index in [1.807, 2.05) is 49.4 Å². The molecule has 0 aliphatic carbocycles. The number of halogens is 1. The fourth-order valence-corrected chi connectivity index (χ4v) is 5.01. The van der Waals surface area contributed by atoms with Crippen LogP contribution < -0.4 is 4.74 Å². The first-order valence-corrected chi connectivity index (χ1v) is 13.0. The molecular formula is C33H30FNO4. The number of amides is 1. The highest BCUT2D eigenvalue weighted by Gasteiger charge is 2.46. The van der Waals surface area contributed by atoms with Crippen molar-refractivity contribution in [1.29, 1.82) is 0 Å². The van der Waals surface area contributed by atoms with Gasteiger partial charge in [0.2, 0.25) is 0 Å². The van der Waals surface area contributed by atoms with Gasteiger partial charge in [0.15, 0.2) is 0 Å². The molecule has 198 valence electrons. The average molecular weight is 524 g/mol. The van der Waals surface area contributed by atoms with Crippen molar-refractivity contribution in [2.75, 3.05) is 6.61 Å². The van der Waals surface area contributed by atoms with Gasteiger partial charge in [-0.05, 0) is 70.6 Å². The Balaban J connectivity index is 1.65. The summed E-state index contributed by atoms with van der Waals surface area (Å²) in [5.41, 5.74) is 2.65. The second-order valence-corrected chi connectivity index (χ2v) is 10.3. The van der Waals surface area contributed by atoms with Gasteiger partial charge in [-0.1, -0.05) is 68.4 Å². The summed E-state index contributed by atoms with van der Waals surface area (Å²) in [4.78, 5) is 28.4. The third-order valence-corrected chi connectivity index (χ3v) is 6.94. The number of aryl methyl sites for hydroxylation is 1. The molecule has 1 saturated heterocycles. The fourth-order valence-electron chi connectivity index (χ4n) is 5.01. The summed E-state index contributed by atoms with van der Waals surface area (Å²) in [5, 5.41) is 13.4. The molecule has 0 aromatic heterocycles. The van der Waals surface area contributed by atoms with Gasteiger partial charge in [-0.3, -0.25) is 9.59 Å². The summed E-state index contributed by atoms with van der Waals surface area (Å²) in [6.07, 6.45) is 0. The van der Waals surface area contributed by atoms with Crippen LogP contribution in [0.25, 0.3) is 16.5 Å². The molecule has 39 heavy (non-hydrogen) atoms. The first kappa shape index (κ1) is 26.2. The Morgan fingerprint density at radius 1 is 0.974 bits per heavy atom. The lowest BCUT2D eigenvalue weighted by molar-refractivity contribution is -0.140. The number of carbonyl (C=O) groups is 2. The molecule has 0 radical (unpaired) electrons. The van der Waals surface area contributed by atoms with Crippen LogP contribution >= 0.6 is 0 Å². The van der Waals surface area contributed by atoms with Crippen molar-refractivity contribution < 1.29 is 23.8 Å². The molecular weight excluding hydrogens is 493 g/mol. The van der Waals surface area contributed by atoms with Crippen molar-refractivity contribution in [3.05, 3.63) is 119 Å². The molecule has 1 unspecified atom stereocenters. The number of nitrogens with zero attached hydrogens (tertiary/aromatic N) is 1. The first-order chi connectivity index (χ1) is 18.7. The van der Waals surface area contributed by atoms with Crippen LogP contribution in [0.5, 0.6) is 5.75 Å². The van der Waals surface area contributed by atoms with Crippen LogP contribution in [0.15, 0.2) is 90.5 Å². The van der Waals surface area contributed by atoms with Crippen molar-refractivity contribution in [1.82, 2.24) is 4.90 Å². The Kier molecular flexibility index (Phi) is 7.20. The minimum Gasteiger partial charge on any atom is -0.507 e. The van der Waals surface area contributed by atoms with Crippen LogP contribution in [0.4, 0.5) is 4.39 Å². The summed E-state index contributed by atoms with van der Waals surface area (Å²) in [5.74, 6) is -1.05. The summed E-state index contributed by atoms with van der Waals surface area (Å²) in [6, 6.07) is 23.7. The van der Waals surface area contributed by atoms with Crippen LogP contribution in [-0.4, -0.2) is 28.3 Å². The van der Waals surface area contributed by atoms with Crippen LogP contribution in [-0.2, 0) is 16.1 Å². The van der Waals surface area contributed by atoms with Gasteiger partial charge >= 0.3 is 0 Å². The van der Waals surface area contributed by atoms with Gasteiger partial charge in [-0.2, -0.15) is 0 Å². The minimum absolute atomic E-state index is 0.0220. The number of carbonyl (C=O) groups excluding carboxylic acids is 2. The molecule has 5 nitrogen and oxygen atoms in total. The number of benzene rings is 4. The molecule has 4 aromatic carbocycles. The van der Waals surface area contributed by atoms with Crippen molar-refractivity contribution in [2.45, 2.75) is 33.4 Å². The van der Waals surface area contributed by atoms with E-state index in [-0.39, 0.29) is 23.7 Å². The highest BCUT2D eigenvalue weighted by molar-refractivity contribution is 6.46. The van der Waals surface area contributed by atoms with E-state index in [0.717, 1.165) is 21.9 Å². The van der Waals surface area contributed by atoms with E-state index in [0.29, 0.717) is 29.4 Å². The molecule has 0 bridgehead atoms. The maximum atomic E-state index is 13.6. The maximum absolute atomic E-state index is 13.6. The molecule has 6 heteroatoms. The van der Waals surface area contributed by atoms with E-state index < -0.39 is 17.7 Å². The lowest BCUT2D eigenvalue weighted by Crippen LogP contribution is -2.29. The van der Waals surface area contributed by atoms with E-state index in [1.54, 1.807) is 30.3 Å². The smallest absolute Gasteiger partial charge is 0.295 e. The summed E-state index contributed by atoms with van der Waals surface area (Å²) in [7, 11) is 0. The number of aliphatic hydroxyl groups excluding tert-OH is 1. The number of rotatable bonds is 7. The molecule has 0 saturated carbocycles. The molecule has 1 N–H and O–H groups in total. The zero-order valence-electron chi connectivity index (χ0n) is 22.1. The number of aliphatic hydroxyl groups is 1. The van der Waals surface area contributed by atoms with Crippen LogP contribution in [0, 0.1) is 18.7 Å². The molecule has 4 aromatic rings. The highest BCUT2D eigenvalue weighted by Crippen LogP contribution is 2.43. The van der Waals surface area contributed by atoms with Crippen LogP contribution in [0.3, 0.4) is 0 Å². The Labute approximate surface area is 227 Å². The molecule has 1 aliphatic heterocycles. The molecule has 1 fully saturated rings. The molecule has 1 amide bonds. The maximum Gasteiger partial charge on any atom is 0.295 e. The number of ketones is 1. The third kappa shape index (κ3) is 5.15. The van der Waals surface area contributed by atoms with Gasteiger partial charge in [-0.15, -0.1) is 0 Å². The first-order valence-electron chi connectivity index (χ1n) is 13.0. The standard InChI is InChI=1S/C33H30FNO4/c1-20(2)19-39-28-16-13-24(17-21(28)3)31(36)29-30(27-10-6-8-23-7-4-5-9-26(23)27)35(33(38)32(29)37)18-22-11-14-25(34)15-12-22/h4-17,20,30,36H,18-19H2,1-3H3/b31-29-. The van der Waals surface area contributed by atoms with Gasteiger partial charge < -0.3 is 14.7 Å². The van der Waals surface area contributed by atoms with E-state index in [2.05, 4.69) is 13.8 Å². The monoisotopic (exact) mass is 523 g/mol. The number of fused-ring (bicyclic) bond motifs is 1. The zero-order valence-corrected chi connectivity index (χ0v) is 22.1. The van der Waals surface area contributed by atoms with Gasteiger partial charge in [0.05, 0.1) is 18.2 Å². The Morgan fingerprint density at radius 3 is 2.41 bits per heavy atom. The second-order valence-electron chi connectivity index (χ2n) is 10.3. The van der Waals surface area contributed by atoms with Crippen molar-refractivity contribution in [3.63, 3.8) is 0 Å². The number of Topliss-reactive ketones (excluding diaryl/α,β-unsaturated/α-hetero) is 1. The molecule has 1 aliphatic rings. The lowest BCUT2D eigenvalue weighted by Gasteiger charge is -2.26. The molecule has 0 spiro atoms. The molecule has 1 atom stereocenters. The number of likely N-dealkylation sites (tertiary alicyclic amines) is 1. The van der Waals surface area contributed by atoms with Gasteiger partial charge in [0.1, 0.15) is 17.3 Å². The summed E-state index contributed by atoms with van der Waals surface area (Å²) in [6.45, 7) is 6.64. The summed E-state index contributed by atoms with van der Waals surface area (Å²) < 4.78 is 19.4. The van der Waals surface area contributed by atoms with Crippen LogP contribution in [0.2, 0.25) is 0 Å². The summed E-state index contributed by atoms with van der Waals surface area (Å²) >= 11 is 0. The van der Waals surface area contributed by atoms with Crippen LogP contribution in [0.1, 0.15) is 42.1 Å². The predicted octanol–water partition coefficient (Wildman–Crippen LogP) is 6.94. The largest absolute Gasteiger partial charge is 0.507 e. The molecule has 5 rings (SSSR count). The Morgan fingerprint density at radius 2 is 1.69 bits per heavy atom. The number of hydrogen-bond donors (Lipinski definition) is 1. The fraction of sp³-hybridized carbons (Fsp3) is 0.212. The normalized spacial score (nSPS) is 16.8. The third-order valence-electron chi connectivity index (χ3n) is 6.94.